The molecule has 112 valence electrons. The third kappa shape index (κ3) is 2.69. The lowest BCUT2D eigenvalue weighted by Gasteiger charge is -2.23. The van der Waals surface area contributed by atoms with E-state index in [4.69, 9.17) is 0 Å². The van der Waals surface area contributed by atoms with Crippen LogP contribution in [0, 0.1) is 21.8 Å². The van der Waals surface area contributed by atoms with Crippen LogP contribution in [0.25, 0.3) is 0 Å². The lowest BCUT2D eigenvalue weighted by atomic mass is 10.0. The van der Waals surface area contributed by atoms with Crippen LogP contribution in [0.5, 0.6) is 0 Å². The molecule has 1 N–H and O–H groups in total. The van der Waals surface area contributed by atoms with Gasteiger partial charge in [0.15, 0.2) is 0 Å². The molecule has 1 aromatic rings. The molecule has 1 saturated heterocycles. The molecule has 0 aromatic heterocycles. The molecule has 2 atom stereocenters. The highest BCUT2D eigenvalue weighted by Crippen LogP contribution is 2.27. The Morgan fingerprint density at radius 2 is 2.14 bits per heavy atom. The molecule has 1 aromatic carbocycles. The summed E-state index contributed by atoms with van der Waals surface area (Å²) in [4.78, 5) is 34.5. The van der Waals surface area contributed by atoms with Crippen molar-refractivity contribution in [3.05, 3.63) is 39.7 Å². The lowest BCUT2D eigenvalue weighted by Crippen LogP contribution is -2.42. The summed E-state index contributed by atoms with van der Waals surface area (Å²) in [5, 5.41) is 19.9. The maximum atomic E-state index is 13.3. The molecule has 0 bridgehead atoms. The zero-order valence-corrected chi connectivity index (χ0v) is 11.2. The van der Waals surface area contributed by atoms with Crippen LogP contribution >= 0.6 is 0 Å². The van der Waals surface area contributed by atoms with Crippen molar-refractivity contribution < 1.29 is 24.0 Å². The van der Waals surface area contributed by atoms with E-state index in [0.29, 0.717) is 6.42 Å². The summed E-state index contributed by atoms with van der Waals surface area (Å²) in [6.45, 7) is 1.97. The molecule has 1 aliphatic rings. The van der Waals surface area contributed by atoms with Crippen molar-refractivity contribution in [1.82, 2.24) is 4.90 Å². The number of aliphatic carboxylic acids is 1. The number of carboxylic acid groups (broad SMARTS) is 1. The van der Waals surface area contributed by atoms with E-state index in [1.807, 2.05) is 0 Å². The third-order valence-corrected chi connectivity index (χ3v) is 3.60. The fourth-order valence-electron chi connectivity index (χ4n) is 2.50. The molecular formula is C13H13FN2O5. The van der Waals surface area contributed by atoms with Gasteiger partial charge in [-0.2, -0.15) is 4.39 Å². The molecule has 0 saturated carbocycles. The van der Waals surface area contributed by atoms with Gasteiger partial charge in [-0.05, 0) is 24.5 Å². The number of rotatable bonds is 3. The molecule has 8 heteroatoms. The standard InChI is InChI=1S/C13H13FN2O5/c1-7-4-5-15(11(7)13(18)19)12(17)8-2-3-9(14)10(6-8)16(20)21/h2-3,6-7,11H,4-5H2,1H3,(H,18,19). The number of hydrogen-bond acceptors (Lipinski definition) is 4. The first kappa shape index (κ1) is 14.9. The van der Waals surface area contributed by atoms with Gasteiger partial charge in [-0.25, -0.2) is 4.79 Å². The minimum atomic E-state index is -1.12. The Bertz CT molecular complexity index is 619. The second-order valence-corrected chi connectivity index (χ2v) is 4.97. The summed E-state index contributed by atoms with van der Waals surface area (Å²) in [7, 11) is 0. The van der Waals surface area contributed by atoms with Crippen molar-refractivity contribution in [2.45, 2.75) is 19.4 Å². The minimum Gasteiger partial charge on any atom is -0.480 e. The van der Waals surface area contributed by atoms with Crippen LogP contribution in [0.15, 0.2) is 18.2 Å². The van der Waals surface area contributed by atoms with E-state index in [1.54, 1.807) is 6.92 Å². The van der Waals surface area contributed by atoms with E-state index >= 15 is 0 Å². The molecule has 21 heavy (non-hydrogen) atoms. The number of carboxylic acids is 1. The lowest BCUT2D eigenvalue weighted by molar-refractivity contribution is -0.387. The predicted octanol–water partition coefficient (Wildman–Crippen LogP) is 1.67. The number of nitro groups is 1. The van der Waals surface area contributed by atoms with Crippen LogP contribution in [0.2, 0.25) is 0 Å². The number of carbonyl (C=O) groups is 2. The summed E-state index contributed by atoms with van der Waals surface area (Å²) in [6.07, 6.45) is 0.534. The van der Waals surface area contributed by atoms with Crippen molar-refractivity contribution in [1.29, 1.82) is 0 Å². The van der Waals surface area contributed by atoms with Crippen molar-refractivity contribution in [3.63, 3.8) is 0 Å². The molecule has 0 radical (unpaired) electrons. The molecule has 7 nitrogen and oxygen atoms in total. The van der Waals surface area contributed by atoms with Crippen molar-refractivity contribution in [2.75, 3.05) is 6.54 Å². The molecule has 1 fully saturated rings. The number of nitro benzene ring substituents is 1. The molecule has 0 spiro atoms. The van der Waals surface area contributed by atoms with E-state index in [-0.39, 0.29) is 18.0 Å². The van der Waals surface area contributed by atoms with Crippen LogP contribution in [0.1, 0.15) is 23.7 Å². The van der Waals surface area contributed by atoms with E-state index in [0.717, 1.165) is 23.1 Å². The molecular weight excluding hydrogens is 283 g/mol. The van der Waals surface area contributed by atoms with Gasteiger partial charge in [-0.1, -0.05) is 6.92 Å². The number of amides is 1. The number of halogens is 1. The minimum absolute atomic E-state index is 0.0940. The highest BCUT2D eigenvalue weighted by molar-refractivity contribution is 5.97. The molecule has 1 heterocycles. The fraction of sp³-hybridized carbons (Fsp3) is 0.385. The molecule has 2 unspecified atom stereocenters. The second kappa shape index (κ2) is 5.47. The Hall–Kier alpha value is -2.51. The average molecular weight is 296 g/mol. The third-order valence-electron chi connectivity index (χ3n) is 3.60. The van der Waals surface area contributed by atoms with Gasteiger partial charge in [0.25, 0.3) is 5.91 Å². The first-order chi connectivity index (χ1) is 9.82. The van der Waals surface area contributed by atoms with Gasteiger partial charge in [0.05, 0.1) is 4.92 Å². The smallest absolute Gasteiger partial charge is 0.326 e. The molecule has 2 rings (SSSR count). The number of likely N-dealkylation sites (tertiary alicyclic amines) is 1. The van der Waals surface area contributed by atoms with Gasteiger partial charge in [-0.15, -0.1) is 0 Å². The van der Waals surface area contributed by atoms with Gasteiger partial charge in [-0.3, -0.25) is 14.9 Å². The average Bonchev–Trinajstić information content (AvgIpc) is 2.80. The molecule has 1 amide bonds. The van der Waals surface area contributed by atoms with E-state index in [1.165, 1.54) is 0 Å². The van der Waals surface area contributed by atoms with Gasteiger partial charge in [0.2, 0.25) is 5.82 Å². The Balaban J connectivity index is 2.34. The topological polar surface area (TPSA) is 101 Å². The Morgan fingerprint density at radius 1 is 1.48 bits per heavy atom. The van der Waals surface area contributed by atoms with Crippen LogP contribution in [0.4, 0.5) is 10.1 Å². The van der Waals surface area contributed by atoms with E-state index in [9.17, 15) is 29.2 Å². The Labute approximate surface area is 119 Å². The highest BCUT2D eigenvalue weighted by Gasteiger charge is 2.40. The predicted molar refractivity (Wildman–Crippen MR) is 69.3 cm³/mol. The number of carbonyl (C=O) groups excluding carboxylic acids is 1. The van der Waals surface area contributed by atoms with Crippen LogP contribution in [-0.2, 0) is 4.79 Å². The summed E-state index contributed by atoms with van der Waals surface area (Å²) in [5.74, 6) is -3.01. The van der Waals surface area contributed by atoms with Gasteiger partial charge in [0.1, 0.15) is 6.04 Å². The maximum absolute atomic E-state index is 13.3. The quantitative estimate of drug-likeness (QED) is 0.675. The zero-order chi connectivity index (χ0) is 15.7. The Kier molecular flexibility index (Phi) is 3.88. The second-order valence-electron chi connectivity index (χ2n) is 4.97. The zero-order valence-electron chi connectivity index (χ0n) is 11.2. The normalized spacial score (nSPS) is 21.3. The van der Waals surface area contributed by atoms with Crippen molar-refractivity contribution >= 4 is 17.6 Å². The van der Waals surface area contributed by atoms with Crippen molar-refractivity contribution in [2.24, 2.45) is 5.92 Å². The first-order valence-electron chi connectivity index (χ1n) is 6.30. The monoisotopic (exact) mass is 296 g/mol. The Morgan fingerprint density at radius 3 is 2.71 bits per heavy atom. The number of benzene rings is 1. The van der Waals surface area contributed by atoms with Crippen LogP contribution in [-0.4, -0.2) is 39.4 Å². The summed E-state index contributed by atoms with van der Waals surface area (Å²) in [5.41, 5.74) is -0.900. The maximum Gasteiger partial charge on any atom is 0.326 e. The molecule has 0 aliphatic carbocycles. The van der Waals surface area contributed by atoms with Gasteiger partial charge >= 0.3 is 11.7 Å². The SMILES string of the molecule is CC1CCN(C(=O)c2ccc(F)c([N+](=O)[O-])c2)C1C(=O)O. The number of hydrogen-bond donors (Lipinski definition) is 1. The highest BCUT2D eigenvalue weighted by atomic mass is 19.1. The number of nitrogens with zero attached hydrogens (tertiary/aromatic N) is 2. The summed E-state index contributed by atoms with van der Waals surface area (Å²) >= 11 is 0. The van der Waals surface area contributed by atoms with Gasteiger partial charge in [0, 0.05) is 18.2 Å². The van der Waals surface area contributed by atoms with Crippen LogP contribution in [0.3, 0.4) is 0 Å². The largest absolute Gasteiger partial charge is 0.480 e. The van der Waals surface area contributed by atoms with E-state index in [2.05, 4.69) is 0 Å². The first-order valence-corrected chi connectivity index (χ1v) is 6.30. The van der Waals surface area contributed by atoms with Crippen LogP contribution < -0.4 is 0 Å². The van der Waals surface area contributed by atoms with Crippen molar-refractivity contribution in [3.8, 4) is 0 Å². The molecule has 1 aliphatic heterocycles. The summed E-state index contributed by atoms with van der Waals surface area (Å²) < 4.78 is 13.3. The van der Waals surface area contributed by atoms with E-state index < -0.39 is 34.3 Å². The fourth-order valence-corrected chi connectivity index (χ4v) is 2.50. The summed E-state index contributed by atoms with van der Waals surface area (Å²) in [6, 6.07) is 1.81. The van der Waals surface area contributed by atoms with Gasteiger partial charge < -0.3 is 10.0 Å².